The number of carbonyl (C=O) groups excluding carboxylic acids is 1. The highest BCUT2D eigenvalue weighted by atomic mass is 16.2. The molecule has 0 aromatic rings. The van der Waals surface area contributed by atoms with E-state index in [1.54, 1.807) is 4.90 Å². The molecule has 0 heterocycles. The van der Waals surface area contributed by atoms with Gasteiger partial charge in [0.1, 0.15) is 0 Å². The topological polar surface area (TPSA) is 32.3 Å². The standard InChI is InChI=1S/C16H24N2O/c1-13-6-5-9-15(11-10-13)18(2)16(19)12-17-14-7-3-4-8-14/h6,9-11,14,17H,3-5,7-8,12H2,1-2H3. The molecule has 0 saturated heterocycles. The molecule has 1 N–H and O–H groups in total. The zero-order valence-electron chi connectivity index (χ0n) is 12.0. The SMILES string of the molecule is CC1=CCC=C(N(C)C(=O)CNC2CCCC2)C=C1. The Morgan fingerprint density at radius 1 is 1.32 bits per heavy atom. The Morgan fingerprint density at radius 3 is 2.79 bits per heavy atom. The molecule has 0 atom stereocenters. The van der Waals surface area contributed by atoms with Crippen LogP contribution in [0.25, 0.3) is 0 Å². The molecule has 1 fully saturated rings. The summed E-state index contributed by atoms with van der Waals surface area (Å²) in [5.74, 6) is 0.141. The Bertz CT molecular complexity index is 414. The van der Waals surface area contributed by atoms with Crippen molar-refractivity contribution in [2.45, 2.75) is 45.1 Å². The lowest BCUT2D eigenvalue weighted by molar-refractivity contribution is -0.127. The summed E-state index contributed by atoms with van der Waals surface area (Å²) in [6, 6.07) is 0.542. The minimum Gasteiger partial charge on any atom is -0.315 e. The fourth-order valence-corrected chi connectivity index (χ4v) is 2.59. The van der Waals surface area contributed by atoms with E-state index in [4.69, 9.17) is 0 Å². The normalized spacial score (nSPS) is 19.9. The number of allylic oxidation sites excluding steroid dienone is 5. The van der Waals surface area contributed by atoms with Crippen molar-refractivity contribution in [3.05, 3.63) is 35.6 Å². The van der Waals surface area contributed by atoms with Crippen molar-refractivity contribution in [1.29, 1.82) is 0 Å². The highest BCUT2D eigenvalue weighted by molar-refractivity contribution is 5.80. The van der Waals surface area contributed by atoms with Gasteiger partial charge in [-0.05, 0) is 32.3 Å². The van der Waals surface area contributed by atoms with Gasteiger partial charge in [-0.15, -0.1) is 0 Å². The van der Waals surface area contributed by atoms with Gasteiger partial charge in [-0.3, -0.25) is 4.79 Å². The van der Waals surface area contributed by atoms with Crippen LogP contribution in [0.4, 0.5) is 0 Å². The molecule has 0 unspecified atom stereocenters. The fourth-order valence-electron chi connectivity index (χ4n) is 2.59. The summed E-state index contributed by atoms with van der Waals surface area (Å²) in [6.07, 6.45) is 14.2. The number of hydrogen-bond acceptors (Lipinski definition) is 2. The molecular weight excluding hydrogens is 236 g/mol. The quantitative estimate of drug-likeness (QED) is 0.843. The van der Waals surface area contributed by atoms with E-state index in [0.717, 1.165) is 12.1 Å². The predicted molar refractivity (Wildman–Crippen MR) is 78.6 cm³/mol. The van der Waals surface area contributed by atoms with Crippen molar-refractivity contribution in [3.63, 3.8) is 0 Å². The summed E-state index contributed by atoms with van der Waals surface area (Å²) >= 11 is 0. The number of amides is 1. The van der Waals surface area contributed by atoms with Crippen LogP contribution in [0.2, 0.25) is 0 Å². The van der Waals surface area contributed by atoms with Crippen molar-refractivity contribution in [2.75, 3.05) is 13.6 Å². The molecule has 2 aliphatic rings. The van der Waals surface area contributed by atoms with Crippen molar-refractivity contribution in [3.8, 4) is 0 Å². The van der Waals surface area contributed by atoms with Gasteiger partial charge in [0.15, 0.2) is 0 Å². The maximum Gasteiger partial charge on any atom is 0.240 e. The van der Waals surface area contributed by atoms with E-state index in [9.17, 15) is 4.79 Å². The Hall–Kier alpha value is -1.35. The van der Waals surface area contributed by atoms with Crippen molar-refractivity contribution >= 4 is 5.91 Å². The van der Waals surface area contributed by atoms with Crippen LogP contribution in [0.1, 0.15) is 39.0 Å². The number of hydrogen-bond donors (Lipinski definition) is 1. The molecule has 2 aliphatic carbocycles. The number of likely N-dealkylation sites (N-methyl/N-ethyl adjacent to an activating group) is 1. The monoisotopic (exact) mass is 260 g/mol. The molecule has 19 heavy (non-hydrogen) atoms. The zero-order chi connectivity index (χ0) is 13.7. The lowest BCUT2D eigenvalue weighted by atomic mass is 10.2. The van der Waals surface area contributed by atoms with Crippen LogP contribution in [0.5, 0.6) is 0 Å². The van der Waals surface area contributed by atoms with Gasteiger partial charge in [-0.1, -0.05) is 36.6 Å². The lowest BCUT2D eigenvalue weighted by Gasteiger charge is -2.20. The summed E-state index contributed by atoms with van der Waals surface area (Å²) in [4.78, 5) is 13.9. The van der Waals surface area contributed by atoms with E-state index >= 15 is 0 Å². The molecule has 3 heteroatoms. The highest BCUT2D eigenvalue weighted by Crippen LogP contribution is 2.17. The average Bonchev–Trinajstić information content (AvgIpc) is 2.83. The van der Waals surface area contributed by atoms with E-state index in [1.807, 2.05) is 13.1 Å². The largest absolute Gasteiger partial charge is 0.315 e. The minimum atomic E-state index is 0.141. The molecule has 104 valence electrons. The van der Waals surface area contributed by atoms with Gasteiger partial charge in [0.25, 0.3) is 0 Å². The van der Waals surface area contributed by atoms with Crippen LogP contribution in [0, 0.1) is 0 Å². The van der Waals surface area contributed by atoms with Crippen LogP contribution in [0.3, 0.4) is 0 Å². The zero-order valence-corrected chi connectivity index (χ0v) is 12.0. The van der Waals surface area contributed by atoms with E-state index in [-0.39, 0.29) is 5.91 Å². The van der Waals surface area contributed by atoms with Crippen LogP contribution in [0.15, 0.2) is 35.6 Å². The molecule has 1 amide bonds. The van der Waals surface area contributed by atoms with Crippen molar-refractivity contribution in [2.24, 2.45) is 0 Å². The molecule has 0 aromatic carbocycles. The van der Waals surface area contributed by atoms with Gasteiger partial charge in [0.2, 0.25) is 5.91 Å². The molecule has 0 aliphatic heterocycles. The molecule has 0 aromatic heterocycles. The van der Waals surface area contributed by atoms with Crippen LogP contribution in [-0.2, 0) is 4.79 Å². The second-order valence-electron chi connectivity index (χ2n) is 5.46. The van der Waals surface area contributed by atoms with Crippen LogP contribution >= 0.6 is 0 Å². The molecular formula is C16H24N2O. The van der Waals surface area contributed by atoms with Gasteiger partial charge in [0.05, 0.1) is 6.54 Å². The lowest BCUT2D eigenvalue weighted by Crippen LogP contribution is -2.38. The molecule has 0 spiro atoms. The summed E-state index contributed by atoms with van der Waals surface area (Å²) in [5.41, 5.74) is 2.24. The van der Waals surface area contributed by atoms with Crippen LogP contribution in [-0.4, -0.2) is 30.4 Å². The molecule has 2 rings (SSSR count). The molecule has 0 bridgehead atoms. The van der Waals surface area contributed by atoms with E-state index < -0.39 is 0 Å². The second kappa shape index (κ2) is 6.71. The maximum absolute atomic E-state index is 12.2. The molecule has 1 saturated carbocycles. The number of rotatable bonds is 4. The minimum absolute atomic E-state index is 0.141. The van der Waals surface area contributed by atoms with Gasteiger partial charge in [0, 0.05) is 18.8 Å². The number of nitrogens with one attached hydrogen (secondary N) is 1. The third kappa shape index (κ3) is 4.06. The van der Waals surface area contributed by atoms with Gasteiger partial charge >= 0.3 is 0 Å². The predicted octanol–water partition coefficient (Wildman–Crippen LogP) is 2.77. The van der Waals surface area contributed by atoms with Crippen molar-refractivity contribution in [1.82, 2.24) is 10.2 Å². The van der Waals surface area contributed by atoms with Gasteiger partial charge in [-0.2, -0.15) is 0 Å². The fraction of sp³-hybridized carbons (Fsp3) is 0.562. The van der Waals surface area contributed by atoms with Crippen molar-refractivity contribution < 1.29 is 4.79 Å². The first-order chi connectivity index (χ1) is 9.16. The average molecular weight is 260 g/mol. The third-order valence-corrected chi connectivity index (χ3v) is 3.94. The van der Waals surface area contributed by atoms with Gasteiger partial charge < -0.3 is 10.2 Å². The Kier molecular flexibility index (Phi) is 4.97. The first-order valence-electron chi connectivity index (χ1n) is 7.22. The van der Waals surface area contributed by atoms with Gasteiger partial charge in [-0.25, -0.2) is 0 Å². The Labute approximate surface area is 116 Å². The first-order valence-corrected chi connectivity index (χ1v) is 7.22. The van der Waals surface area contributed by atoms with Crippen LogP contribution < -0.4 is 5.32 Å². The third-order valence-electron chi connectivity index (χ3n) is 3.94. The summed E-state index contributed by atoms with van der Waals surface area (Å²) in [5, 5.41) is 3.37. The van der Waals surface area contributed by atoms with E-state index in [0.29, 0.717) is 12.6 Å². The maximum atomic E-state index is 12.2. The summed E-state index contributed by atoms with van der Waals surface area (Å²) < 4.78 is 0. The highest BCUT2D eigenvalue weighted by Gasteiger charge is 2.17. The smallest absolute Gasteiger partial charge is 0.240 e. The Balaban J connectivity index is 1.84. The number of carbonyl (C=O) groups is 1. The summed E-state index contributed by atoms with van der Waals surface area (Å²) in [6.45, 7) is 2.52. The summed E-state index contributed by atoms with van der Waals surface area (Å²) in [7, 11) is 1.86. The van der Waals surface area contributed by atoms with E-state index in [1.165, 1.54) is 31.3 Å². The Morgan fingerprint density at radius 2 is 2.05 bits per heavy atom. The molecule has 3 nitrogen and oxygen atoms in total. The first kappa shape index (κ1) is 14.1. The molecule has 0 radical (unpaired) electrons. The van der Waals surface area contributed by atoms with E-state index in [2.05, 4.69) is 30.5 Å². The second-order valence-corrected chi connectivity index (χ2v) is 5.46. The number of nitrogens with zero attached hydrogens (tertiary/aromatic N) is 1.